The van der Waals surface area contributed by atoms with Gasteiger partial charge in [0.15, 0.2) is 0 Å². The van der Waals surface area contributed by atoms with Crippen molar-refractivity contribution in [2.45, 2.75) is 6.54 Å². The van der Waals surface area contributed by atoms with E-state index in [9.17, 15) is 14.9 Å². The second kappa shape index (κ2) is 5.66. The molecule has 0 aromatic carbocycles. The lowest BCUT2D eigenvalue weighted by Gasteiger charge is -2.04. The molecule has 2 aromatic heterocycles. The average Bonchev–Trinajstić information content (AvgIpc) is 2.82. The first-order chi connectivity index (χ1) is 9.47. The molecule has 0 unspecified atom stereocenters. The van der Waals surface area contributed by atoms with Gasteiger partial charge in [0.05, 0.1) is 22.7 Å². The van der Waals surface area contributed by atoms with Crippen LogP contribution in [0.1, 0.15) is 16.1 Å². The lowest BCUT2D eigenvalue weighted by atomic mass is 10.2. The van der Waals surface area contributed by atoms with E-state index in [1.54, 1.807) is 24.0 Å². The van der Waals surface area contributed by atoms with Gasteiger partial charge in [-0.15, -0.1) is 0 Å². The summed E-state index contributed by atoms with van der Waals surface area (Å²) in [4.78, 5) is 25.6. The van der Waals surface area contributed by atoms with E-state index in [-0.39, 0.29) is 22.9 Å². The molecule has 0 aliphatic carbocycles. The van der Waals surface area contributed by atoms with Crippen LogP contribution in [0.25, 0.3) is 0 Å². The summed E-state index contributed by atoms with van der Waals surface area (Å²) in [5.74, 6) is -0.545. The Balaban J connectivity index is 2.12. The maximum absolute atomic E-state index is 11.9. The second-order valence-electron chi connectivity index (χ2n) is 3.95. The average molecular weight is 296 g/mol. The number of nitrogens with one attached hydrogen (secondary N) is 1. The highest BCUT2D eigenvalue weighted by molar-refractivity contribution is 6.32. The summed E-state index contributed by atoms with van der Waals surface area (Å²) < 4.78 is 1.60. The van der Waals surface area contributed by atoms with Crippen molar-refractivity contribution < 1.29 is 9.72 Å². The van der Waals surface area contributed by atoms with Gasteiger partial charge in [-0.2, -0.15) is 5.10 Å². The molecule has 0 saturated carbocycles. The number of rotatable bonds is 4. The minimum atomic E-state index is -0.640. The van der Waals surface area contributed by atoms with E-state index in [1.165, 1.54) is 0 Å². The van der Waals surface area contributed by atoms with Crippen molar-refractivity contribution >= 4 is 23.2 Å². The Morgan fingerprint density at radius 1 is 1.60 bits per heavy atom. The van der Waals surface area contributed by atoms with Crippen molar-refractivity contribution in [3.8, 4) is 0 Å². The van der Waals surface area contributed by atoms with Gasteiger partial charge in [0.2, 0.25) is 0 Å². The number of carbonyl (C=O) groups is 1. The molecule has 1 amide bonds. The molecule has 9 heteroatoms. The van der Waals surface area contributed by atoms with E-state index in [4.69, 9.17) is 11.6 Å². The molecular formula is C11H10ClN5O3. The molecule has 8 nitrogen and oxygen atoms in total. The monoisotopic (exact) mass is 295 g/mol. The number of nitro groups is 1. The SMILES string of the molecule is Cn1ccc(CNC(=O)c2cc([N+](=O)[O-])cnc2Cl)n1. The molecular weight excluding hydrogens is 286 g/mol. The summed E-state index contributed by atoms with van der Waals surface area (Å²) in [5.41, 5.74) is 0.324. The number of pyridine rings is 1. The van der Waals surface area contributed by atoms with Gasteiger partial charge in [0.25, 0.3) is 11.6 Å². The van der Waals surface area contributed by atoms with Crippen LogP contribution < -0.4 is 5.32 Å². The molecule has 0 atom stereocenters. The van der Waals surface area contributed by atoms with Crippen LogP contribution in [0.3, 0.4) is 0 Å². The molecule has 0 spiro atoms. The first-order valence-corrected chi connectivity index (χ1v) is 5.92. The highest BCUT2D eigenvalue weighted by atomic mass is 35.5. The maximum Gasteiger partial charge on any atom is 0.288 e. The van der Waals surface area contributed by atoms with E-state index in [2.05, 4.69) is 15.4 Å². The first-order valence-electron chi connectivity index (χ1n) is 5.54. The fraction of sp³-hybridized carbons (Fsp3) is 0.182. The summed E-state index contributed by atoms with van der Waals surface area (Å²) in [7, 11) is 1.76. The molecule has 0 aliphatic rings. The zero-order chi connectivity index (χ0) is 14.7. The van der Waals surface area contributed by atoms with Gasteiger partial charge >= 0.3 is 0 Å². The summed E-state index contributed by atoms with van der Waals surface area (Å²) in [6.45, 7) is 0.193. The zero-order valence-electron chi connectivity index (χ0n) is 10.4. The number of aryl methyl sites for hydroxylation is 1. The van der Waals surface area contributed by atoms with Crippen LogP contribution in [0.2, 0.25) is 5.15 Å². The predicted molar refractivity (Wildman–Crippen MR) is 70.3 cm³/mol. The van der Waals surface area contributed by atoms with Crippen molar-refractivity contribution in [2.75, 3.05) is 0 Å². The van der Waals surface area contributed by atoms with Gasteiger partial charge < -0.3 is 5.32 Å². The van der Waals surface area contributed by atoms with Crippen molar-refractivity contribution in [2.24, 2.45) is 7.05 Å². The number of carbonyl (C=O) groups excluding carboxylic acids is 1. The molecule has 2 rings (SSSR count). The van der Waals surface area contributed by atoms with E-state index < -0.39 is 10.8 Å². The quantitative estimate of drug-likeness (QED) is 0.520. The normalized spacial score (nSPS) is 10.3. The van der Waals surface area contributed by atoms with E-state index >= 15 is 0 Å². The largest absolute Gasteiger partial charge is 0.346 e. The smallest absolute Gasteiger partial charge is 0.288 e. The third-order valence-corrected chi connectivity index (χ3v) is 2.78. The van der Waals surface area contributed by atoms with Crippen molar-refractivity contribution in [3.63, 3.8) is 0 Å². The van der Waals surface area contributed by atoms with Crippen LogP contribution in [0.4, 0.5) is 5.69 Å². The van der Waals surface area contributed by atoms with Crippen LogP contribution in [-0.2, 0) is 13.6 Å². The molecule has 0 saturated heterocycles. The highest BCUT2D eigenvalue weighted by Gasteiger charge is 2.17. The molecule has 0 radical (unpaired) electrons. The molecule has 0 fully saturated rings. The number of hydrogen-bond donors (Lipinski definition) is 1. The summed E-state index contributed by atoms with van der Waals surface area (Å²) >= 11 is 5.77. The molecule has 2 aromatic rings. The van der Waals surface area contributed by atoms with Gasteiger partial charge in [-0.25, -0.2) is 4.98 Å². The van der Waals surface area contributed by atoms with Crippen LogP contribution in [0.15, 0.2) is 24.5 Å². The number of amides is 1. The van der Waals surface area contributed by atoms with Crippen LogP contribution in [-0.4, -0.2) is 25.6 Å². The van der Waals surface area contributed by atoms with Crippen molar-refractivity contribution in [3.05, 3.63) is 51.1 Å². The van der Waals surface area contributed by atoms with E-state index in [0.717, 1.165) is 12.3 Å². The standard InChI is InChI=1S/C11H10ClN5O3/c1-16-3-2-7(15-16)5-14-11(18)9-4-8(17(19)20)6-13-10(9)12/h2-4,6H,5H2,1H3,(H,14,18). The number of hydrogen-bond acceptors (Lipinski definition) is 5. The molecule has 0 aliphatic heterocycles. The summed E-state index contributed by atoms with van der Waals surface area (Å²) in [6, 6.07) is 2.83. The minimum absolute atomic E-state index is 0.0446. The Hall–Kier alpha value is -2.48. The van der Waals surface area contributed by atoms with Gasteiger partial charge in [-0.3, -0.25) is 19.6 Å². The van der Waals surface area contributed by atoms with Gasteiger partial charge in [-0.1, -0.05) is 11.6 Å². The Kier molecular flexibility index (Phi) is 3.94. The van der Waals surface area contributed by atoms with E-state index in [1.807, 2.05) is 0 Å². The first kappa shape index (κ1) is 13.9. The molecule has 0 bridgehead atoms. The molecule has 1 N–H and O–H groups in total. The maximum atomic E-state index is 11.9. The van der Waals surface area contributed by atoms with Gasteiger partial charge in [0, 0.05) is 19.3 Å². The summed E-state index contributed by atoms with van der Waals surface area (Å²) in [5, 5.41) is 17.2. The van der Waals surface area contributed by atoms with Gasteiger partial charge in [-0.05, 0) is 6.07 Å². The fourth-order valence-corrected chi connectivity index (χ4v) is 1.71. The topological polar surface area (TPSA) is 103 Å². The van der Waals surface area contributed by atoms with Crippen LogP contribution in [0.5, 0.6) is 0 Å². The lowest BCUT2D eigenvalue weighted by Crippen LogP contribution is -2.23. The third-order valence-electron chi connectivity index (χ3n) is 2.48. The number of nitrogens with zero attached hydrogens (tertiary/aromatic N) is 4. The van der Waals surface area contributed by atoms with Gasteiger partial charge in [0.1, 0.15) is 11.3 Å². The number of aromatic nitrogens is 3. The Morgan fingerprint density at radius 3 is 2.95 bits per heavy atom. The molecule has 104 valence electrons. The van der Waals surface area contributed by atoms with Crippen LogP contribution >= 0.6 is 11.6 Å². The zero-order valence-corrected chi connectivity index (χ0v) is 11.2. The minimum Gasteiger partial charge on any atom is -0.346 e. The molecule has 20 heavy (non-hydrogen) atoms. The second-order valence-corrected chi connectivity index (χ2v) is 4.31. The Labute approximate surface area is 118 Å². The van der Waals surface area contributed by atoms with Crippen LogP contribution in [0, 0.1) is 10.1 Å². The molecule has 2 heterocycles. The van der Waals surface area contributed by atoms with Crippen molar-refractivity contribution in [1.82, 2.24) is 20.1 Å². The number of halogens is 1. The van der Waals surface area contributed by atoms with E-state index in [0.29, 0.717) is 5.69 Å². The van der Waals surface area contributed by atoms with Crippen molar-refractivity contribution in [1.29, 1.82) is 0 Å². The Morgan fingerprint density at radius 2 is 2.35 bits per heavy atom. The summed E-state index contributed by atoms with van der Waals surface area (Å²) in [6.07, 6.45) is 2.74. The third kappa shape index (κ3) is 3.09. The Bertz CT molecular complexity index is 670. The lowest BCUT2D eigenvalue weighted by molar-refractivity contribution is -0.385. The predicted octanol–water partition coefficient (Wildman–Crippen LogP) is 1.31. The highest BCUT2D eigenvalue weighted by Crippen LogP contribution is 2.18. The fourth-order valence-electron chi connectivity index (χ4n) is 1.52.